The van der Waals surface area contributed by atoms with Gasteiger partial charge in [-0.15, -0.1) is 0 Å². The summed E-state index contributed by atoms with van der Waals surface area (Å²) in [5.41, 5.74) is 3.71. The number of β-amino-alcohol motifs (C(OH)–C–C–N with tert-alkyl or cyclic N) is 1. The second kappa shape index (κ2) is 11.2. The minimum Gasteiger partial charge on any atom is -0.493 e. The lowest BCUT2D eigenvalue weighted by Crippen LogP contribution is -2.42. The fraction of sp³-hybridized carbons (Fsp3) is 0.478. The molecule has 0 bridgehead atoms. The monoisotopic (exact) mass is 400 g/mol. The van der Waals surface area contributed by atoms with Crippen molar-refractivity contribution in [3.05, 3.63) is 59.2 Å². The van der Waals surface area contributed by atoms with E-state index in [9.17, 15) is 5.11 Å². The summed E-state index contributed by atoms with van der Waals surface area (Å²) in [6.07, 6.45) is -0.548. The third kappa shape index (κ3) is 6.72. The van der Waals surface area contributed by atoms with Gasteiger partial charge in [0.2, 0.25) is 0 Å². The molecule has 0 aliphatic carbocycles. The standard InChI is InChI=1S/C23H32N2O4/c1-18-5-3-4-6-20(18)15-24-14-19-7-8-22(23(13-19)27-2)29-17-21(26)16-25-9-11-28-12-10-25/h3-8,13,21,24,26H,9-12,14-17H2,1-2H3. The number of nitrogens with one attached hydrogen (secondary N) is 1. The number of benzene rings is 2. The molecule has 29 heavy (non-hydrogen) atoms. The van der Waals surface area contributed by atoms with Crippen molar-refractivity contribution < 1.29 is 19.3 Å². The molecule has 1 aliphatic heterocycles. The molecule has 3 rings (SSSR count). The Bertz CT molecular complexity index is 762. The molecule has 6 heteroatoms. The highest BCUT2D eigenvalue weighted by Crippen LogP contribution is 2.28. The first kappa shape index (κ1) is 21.6. The van der Waals surface area contributed by atoms with E-state index in [2.05, 4.69) is 41.4 Å². The SMILES string of the molecule is COc1cc(CNCc2ccccc2C)ccc1OCC(O)CN1CCOCC1. The van der Waals surface area contributed by atoms with Gasteiger partial charge in [-0.25, -0.2) is 0 Å². The van der Waals surface area contributed by atoms with Crippen LogP contribution in [0.25, 0.3) is 0 Å². The molecule has 0 amide bonds. The van der Waals surface area contributed by atoms with Crippen molar-refractivity contribution in [2.45, 2.75) is 26.1 Å². The Morgan fingerprint density at radius 2 is 1.90 bits per heavy atom. The van der Waals surface area contributed by atoms with Crippen LogP contribution in [0.2, 0.25) is 0 Å². The van der Waals surface area contributed by atoms with E-state index in [-0.39, 0.29) is 6.61 Å². The smallest absolute Gasteiger partial charge is 0.161 e. The number of hydrogen-bond donors (Lipinski definition) is 2. The summed E-state index contributed by atoms with van der Waals surface area (Å²) in [7, 11) is 1.64. The lowest BCUT2D eigenvalue weighted by molar-refractivity contribution is 0.00445. The highest BCUT2D eigenvalue weighted by atomic mass is 16.5. The van der Waals surface area contributed by atoms with Gasteiger partial charge in [0, 0.05) is 32.7 Å². The molecule has 1 heterocycles. The van der Waals surface area contributed by atoms with E-state index in [1.165, 1.54) is 11.1 Å². The van der Waals surface area contributed by atoms with Gasteiger partial charge in [0.05, 0.1) is 20.3 Å². The molecular weight excluding hydrogens is 368 g/mol. The Balaban J connectivity index is 1.48. The Morgan fingerprint density at radius 1 is 1.10 bits per heavy atom. The van der Waals surface area contributed by atoms with E-state index in [0.717, 1.165) is 45.0 Å². The van der Waals surface area contributed by atoms with Crippen LogP contribution in [0.15, 0.2) is 42.5 Å². The zero-order chi connectivity index (χ0) is 20.5. The second-order valence-corrected chi connectivity index (χ2v) is 7.39. The summed E-state index contributed by atoms with van der Waals surface area (Å²) in [5, 5.41) is 13.7. The number of hydrogen-bond acceptors (Lipinski definition) is 6. The fourth-order valence-corrected chi connectivity index (χ4v) is 3.41. The van der Waals surface area contributed by atoms with Crippen molar-refractivity contribution >= 4 is 0 Å². The van der Waals surface area contributed by atoms with E-state index >= 15 is 0 Å². The van der Waals surface area contributed by atoms with Crippen LogP contribution in [0, 0.1) is 6.92 Å². The molecule has 0 radical (unpaired) electrons. The minimum absolute atomic E-state index is 0.235. The van der Waals surface area contributed by atoms with Crippen molar-refractivity contribution in [1.29, 1.82) is 0 Å². The van der Waals surface area contributed by atoms with Crippen molar-refractivity contribution in [2.75, 3.05) is 46.6 Å². The van der Waals surface area contributed by atoms with Crippen LogP contribution in [0.4, 0.5) is 0 Å². The fourth-order valence-electron chi connectivity index (χ4n) is 3.41. The largest absolute Gasteiger partial charge is 0.493 e. The Labute approximate surface area is 173 Å². The van der Waals surface area contributed by atoms with Crippen LogP contribution >= 0.6 is 0 Å². The molecule has 6 nitrogen and oxygen atoms in total. The van der Waals surface area contributed by atoms with E-state index in [0.29, 0.717) is 18.0 Å². The van der Waals surface area contributed by atoms with Crippen molar-refractivity contribution in [2.24, 2.45) is 0 Å². The maximum atomic E-state index is 10.3. The number of rotatable bonds is 10. The Hall–Kier alpha value is -2.12. The maximum absolute atomic E-state index is 10.3. The zero-order valence-electron chi connectivity index (χ0n) is 17.4. The average Bonchev–Trinajstić information content (AvgIpc) is 2.74. The number of morpholine rings is 1. The summed E-state index contributed by atoms with van der Waals surface area (Å²) in [6.45, 7) is 7.66. The number of methoxy groups -OCH3 is 1. The lowest BCUT2D eigenvalue weighted by atomic mass is 10.1. The summed E-state index contributed by atoms with van der Waals surface area (Å²) >= 11 is 0. The lowest BCUT2D eigenvalue weighted by Gasteiger charge is -2.28. The van der Waals surface area contributed by atoms with E-state index < -0.39 is 6.10 Å². The molecule has 0 spiro atoms. The number of aryl methyl sites for hydroxylation is 1. The molecule has 2 aromatic carbocycles. The summed E-state index contributed by atoms with van der Waals surface area (Å²) in [4.78, 5) is 2.19. The molecule has 2 aromatic rings. The van der Waals surface area contributed by atoms with Gasteiger partial charge in [-0.05, 0) is 35.7 Å². The Morgan fingerprint density at radius 3 is 2.66 bits per heavy atom. The molecule has 158 valence electrons. The normalized spacial score (nSPS) is 15.8. The van der Waals surface area contributed by atoms with Crippen LogP contribution in [-0.2, 0) is 17.8 Å². The Kier molecular flexibility index (Phi) is 8.31. The molecule has 1 saturated heterocycles. The van der Waals surface area contributed by atoms with Gasteiger partial charge in [0.1, 0.15) is 12.7 Å². The van der Waals surface area contributed by atoms with E-state index in [1.54, 1.807) is 7.11 Å². The summed E-state index contributed by atoms with van der Waals surface area (Å²) in [5.74, 6) is 1.33. The molecule has 1 fully saturated rings. The second-order valence-electron chi connectivity index (χ2n) is 7.39. The van der Waals surface area contributed by atoms with Crippen LogP contribution in [0.5, 0.6) is 11.5 Å². The van der Waals surface area contributed by atoms with Gasteiger partial charge < -0.3 is 24.6 Å². The topological polar surface area (TPSA) is 63.2 Å². The number of ether oxygens (including phenoxy) is 3. The molecule has 1 aliphatic rings. The van der Waals surface area contributed by atoms with Gasteiger partial charge in [-0.3, -0.25) is 4.90 Å². The van der Waals surface area contributed by atoms with Crippen molar-refractivity contribution in [3.63, 3.8) is 0 Å². The number of nitrogens with zero attached hydrogens (tertiary/aromatic N) is 1. The van der Waals surface area contributed by atoms with Crippen LogP contribution < -0.4 is 14.8 Å². The van der Waals surface area contributed by atoms with Crippen LogP contribution in [0.3, 0.4) is 0 Å². The molecule has 0 aromatic heterocycles. The summed E-state index contributed by atoms with van der Waals surface area (Å²) < 4.78 is 16.6. The average molecular weight is 401 g/mol. The molecule has 0 saturated carbocycles. The first-order valence-electron chi connectivity index (χ1n) is 10.2. The number of aliphatic hydroxyl groups is 1. The quantitative estimate of drug-likeness (QED) is 0.639. The van der Waals surface area contributed by atoms with Gasteiger partial charge in [0.15, 0.2) is 11.5 Å². The summed E-state index contributed by atoms with van der Waals surface area (Å²) in [6, 6.07) is 14.3. The predicted molar refractivity (Wildman–Crippen MR) is 113 cm³/mol. The van der Waals surface area contributed by atoms with Crippen molar-refractivity contribution in [1.82, 2.24) is 10.2 Å². The van der Waals surface area contributed by atoms with E-state index in [4.69, 9.17) is 14.2 Å². The molecule has 2 N–H and O–H groups in total. The highest BCUT2D eigenvalue weighted by molar-refractivity contribution is 5.43. The first-order valence-corrected chi connectivity index (χ1v) is 10.2. The van der Waals surface area contributed by atoms with Gasteiger partial charge in [-0.2, -0.15) is 0 Å². The molecular formula is C23H32N2O4. The zero-order valence-corrected chi connectivity index (χ0v) is 17.4. The van der Waals surface area contributed by atoms with Gasteiger partial charge >= 0.3 is 0 Å². The van der Waals surface area contributed by atoms with Gasteiger partial charge in [-0.1, -0.05) is 30.3 Å². The van der Waals surface area contributed by atoms with Crippen LogP contribution in [-0.4, -0.2) is 62.7 Å². The van der Waals surface area contributed by atoms with Crippen molar-refractivity contribution in [3.8, 4) is 11.5 Å². The third-order valence-electron chi connectivity index (χ3n) is 5.14. The van der Waals surface area contributed by atoms with Crippen LogP contribution in [0.1, 0.15) is 16.7 Å². The minimum atomic E-state index is -0.548. The molecule has 1 unspecified atom stereocenters. The highest BCUT2D eigenvalue weighted by Gasteiger charge is 2.16. The molecule has 1 atom stereocenters. The third-order valence-corrected chi connectivity index (χ3v) is 5.14. The van der Waals surface area contributed by atoms with E-state index in [1.807, 2.05) is 18.2 Å². The van der Waals surface area contributed by atoms with Gasteiger partial charge in [0.25, 0.3) is 0 Å². The first-order chi connectivity index (χ1) is 14.2. The predicted octanol–water partition coefficient (Wildman–Crippen LogP) is 2.37. The number of aliphatic hydroxyl groups excluding tert-OH is 1. The maximum Gasteiger partial charge on any atom is 0.161 e.